The van der Waals surface area contributed by atoms with Gasteiger partial charge in [-0.3, -0.25) is 0 Å². The van der Waals surface area contributed by atoms with Crippen molar-refractivity contribution < 1.29 is 19.4 Å². The molecule has 0 saturated carbocycles. The number of aromatic hydroxyl groups is 1. The Bertz CT molecular complexity index is 396. The van der Waals surface area contributed by atoms with Crippen molar-refractivity contribution in [3.63, 3.8) is 0 Å². The first-order valence-corrected chi connectivity index (χ1v) is 4.89. The summed E-state index contributed by atoms with van der Waals surface area (Å²) in [4.78, 5) is 11.0. The summed E-state index contributed by atoms with van der Waals surface area (Å²) in [6.07, 6.45) is 2.76. The Morgan fingerprint density at radius 2 is 2.25 bits per heavy atom. The third kappa shape index (κ3) is 3.31. The molecular formula is C12H14O4. The van der Waals surface area contributed by atoms with Gasteiger partial charge in [-0.15, -0.1) is 0 Å². The van der Waals surface area contributed by atoms with Crippen molar-refractivity contribution in [1.82, 2.24) is 0 Å². The molecule has 0 spiro atoms. The standard InChI is InChI=1S/C12H14O4/c1-3-16-12(14)7-5-9-4-6-10(15-2)8-11(9)13/h4-8,13H,3H2,1-2H3. The van der Waals surface area contributed by atoms with Gasteiger partial charge in [0.2, 0.25) is 0 Å². The maximum Gasteiger partial charge on any atom is 0.330 e. The maximum atomic E-state index is 11.0. The van der Waals surface area contributed by atoms with Crippen LogP contribution >= 0.6 is 0 Å². The third-order valence-corrected chi connectivity index (χ3v) is 1.92. The van der Waals surface area contributed by atoms with Crippen LogP contribution in [0.3, 0.4) is 0 Å². The van der Waals surface area contributed by atoms with E-state index in [4.69, 9.17) is 9.47 Å². The van der Waals surface area contributed by atoms with E-state index in [0.29, 0.717) is 17.9 Å². The molecule has 0 heterocycles. The van der Waals surface area contributed by atoms with Crippen LogP contribution in [0.15, 0.2) is 24.3 Å². The van der Waals surface area contributed by atoms with E-state index in [1.54, 1.807) is 19.1 Å². The van der Waals surface area contributed by atoms with Gasteiger partial charge in [-0.05, 0) is 25.1 Å². The normalized spacial score (nSPS) is 10.4. The molecule has 0 fully saturated rings. The fraction of sp³-hybridized carbons (Fsp3) is 0.250. The lowest BCUT2D eigenvalue weighted by molar-refractivity contribution is -0.137. The van der Waals surface area contributed by atoms with Crippen molar-refractivity contribution in [2.75, 3.05) is 13.7 Å². The van der Waals surface area contributed by atoms with Gasteiger partial charge < -0.3 is 14.6 Å². The minimum absolute atomic E-state index is 0.0555. The zero-order valence-corrected chi connectivity index (χ0v) is 9.27. The topological polar surface area (TPSA) is 55.8 Å². The second-order valence-electron chi connectivity index (χ2n) is 3.01. The molecule has 86 valence electrons. The number of rotatable bonds is 4. The summed E-state index contributed by atoms with van der Waals surface area (Å²) in [7, 11) is 1.52. The van der Waals surface area contributed by atoms with Gasteiger partial charge in [0.25, 0.3) is 0 Å². The molecular weight excluding hydrogens is 208 g/mol. The van der Waals surface area contributed by atoms with Gasteiger partial charge in [-0.1, -0.05) is 0 Å². The molecule has 1 N–H and O–H groups in total. The Balaban J connectivity index is 2.78. The molecule has 0 amide bonds. The first kappa shape index (κ1) is 12.1. The van der Waals surface area contributed by atoms with Crippen molar-refractivity contribution in [2.45, 2.75) is 6.92 Å². The summed E-state index contributed by atoms with van der Waals surface area (Å²) < 4.78 is 9.65. The van der Waals surface area contributed by atoms with Gasteiger partial charge in [-0.25, -0.2) is 4.79 Å². The van der Waals surface area contributed by atoms with Crippen LogP contribution in [0, 0.1) is 0 Å². The fourth-order valence-corrected chi connectivity index (χ4v) is 1.14. The summed E-state index contributed by atoms with van der Waals surface area (Å²) in [6, 6.07) is 4.83. The summed E-state index contributed by atoms with van der Waals surface area (Å²) in [5.74, 6) is 0.184. The molecule has 0 radical (unpaired) electrons. The van der Waals surface area contributed by atoms with Crippen molar-refractivity contribution >= 4 is 12.0 Å². The average molecular weight is 222 g/mol. The lowest BCUT2D eigenvalue weighted by Crippen LogP contribution is -1.98. The predicted molar refractivity (Wildman–Crippen MR) is 60.3 cm³/mol. The molecule has 16 heavy (non-hydrogen) atoms. The lowest BCUT2D eigenvalue weighted by atomic mass is 10.2. The molecule has 1 aromatic rings. The largest absolute Gasteiger partial charge is 0.507 e. The lowest BCUT2D eigenvalue weighted by Gasteiger charge is -2.02. The van der Waals surface area contributed by atoms with E-state index in [1.807, 2.05) is 0 Å². The van der Waals surface area contributed by atoms with Crippen LogP contribution in [-0.2, 0) is 9.53 Å². The van der Waals surface area contributed by atoms with Crippen LogP contribution in [-0.4, -0.2) is 24.8 Å². The Morgan fingerprint density at radius 1 is 1.50 bits per heavy atom. The van der Waals surface area contributed by atoms with Crippen molar-refractivity contribution in [3.8, 4) is 11.5 Å². The molecule has 0 bridgehead atoms. The van der Waals surface area contributed by atoms with E-state index in [9.17, 15) is 9.90 Å². The first-order valence-electron chi connectivity index (χ1n) is 4.89. The van der Waals surface area contributed by atoms with Crippen LogP contribution in [0.25, 0.3) is 6.08 Å². The fourth-order valence-electron chi connectivity index (χ4n) is 1.14. The highest BCUT2D eigenvalue weighted by atomic mass is 16.5. The Hall–Kier alpha value is -1.97. The molecule has 0 aliphatic rings. The highest BCUT2D eigenvalue weighted by Gasteiger charge is 2.01. The minimum atomic E-state index is -0.433. The number of carbonyl (C=O) groups excluding carboxylic acids is 1. The Morgan fingerprint density at radius 3 is 2.81 bits per heavy atom. The van der Waals surface area contributed by atoms with Crippen LogP contribution in [0.1, 0.15) is 12.5 Å². The van der Waals surface area contributed by atoms with E-state index < -0.39 is 5.97 Å². The molecule has 1 rings (SSSR count). The van der Waals surface area contributed by atoms with Crippen molar-refractivity contribution in [3.05, 3.63) is 29.8 Å². The molecule has 1 aromatic carbocycles. The quantitative estimate of drug-likeness (QED) is 0.625. The first-order chi connectivity index (χ1) is 7.67. The summed E-state index contributed by atoms with van der Waals surface area (Å²) in [5.41, 5.74) is 0.536. The van der Waals surface area contributed by atoms with Gasteiger partial charge in [0, 0.05) is 17.7 Å². The molecule has 4 heteroatoms. The zero-order chi connectivity index (χ0) is 12.0. The van der Waals surface area contributed by atoms with E-state index in [1.165, 1.54) is 25.3 Å². The third-order valence-electron chi connectivity index (χ3n) is 1.92. The second-order valence-corrected chi connectivity index (χ2v) is 3.01. The number of hydrogen-bond acceptors (Lipinski definition) is 4. The molecule has 0 aliphatic heterocycles. The molecule has 0 atom stereocenters. The number of phenols is 1. The van der Waals surface area contributed by atoms with Crippen molar-refractivity contribution in [2.24, 2.45) is 0 Å². The van der Waals surface area contributed by atoms with Crippen LogP contribution < -0.4 is 4.74 Å². The van der Waals surface area contributed by atoms with Crippen LogP contribution in [0.2, 0.25) is 0 Å². The highest BCUT2D eigenvalue weighted by Crippen LogP contribution is 2.24. The molecule has 0 saturated heterocycles. The van der Waals surface area contributed by atoms with E-state index in [0.717, 1.165) is 0 Å². The monoisotopic (exact) mass is 222 g/mol. The second kappa shape index (κ2) is 5.80. The molecule has 0 aromatic heterocycles. The van der Waals surface area contributed by atoms with E-state index >= 15 is 0 Å². The average Bonchev–Trinajstić information content (AvgIpc) is 2.27. The molecule has 4 nitrogen and oxygen atoms in total. The van der Waals surface area contributed by atoms with Gasteiger partial charge >= 0.3 is 5.97 Å². The van der Waals surface area contributed by atoms with E-state index in [2.05, 4.69) is 0 Å². The molecule has 0 aliphatic carbocycles. The summed E-state index contributed by atoms with van der Waals surface area (Å²) >= 11 is 0. The predicted octanol–water partition coefficient (Wildman–Crippen LogP) is 1.98. The van der Waals surface area contributed by atoms with Crippen LogP contribution in [0.5, 0.6) is 11.5 Å². The molecule has 0 unspecified atom stereocenters. The summed E-state index contributed by atoms with van der Waals surface area (Å²) in [6.45, 7) is 2.06. The number of hydrogen-bond donors (Lipinski definition) is 1. The maximum absolute atomic E-state index is 11.0. The number of carbonyl (C=O) groups is 1. The number of phenolic OH excluding ortho intramolecular Hbond substituents is 1. The zero-order valence-electron chi connectivity index (χ0n) is 9.27. The Kier molecular flexibility index (Phi) is 4.39. The highest BCUT2D eigenvalue weighted by molar-refractivity contribution is 5.87. The van der Waals surface area contributed by atoms with Gasteiger partial charge in [-0.2, -0.15) is 0 Å². The van der Waals surface area contributed by atoms with E-state index in [-0.39, 0.29) is 5.75 Å². The number of esters is 1. The Labute approximate surface area is 94.1 Å². The summed E-state index contributed by atoms with van der Waals surface area (Å²) in [5, 5.41) is 9.58. The number of methoxy groups -OCH3 is 1. The smallest absolute Gasteiger partial charge is 0.330 e. The van der Waals surface area contributed by atoms with Crippen LogP contribution in [0.4, 0.5) is 0 Å². The van der Waals surface area contributed by atoms with Gasteiger partial charge in [0.15, 0.2) is 0 Å². The number of ether oxygens (including phenoxy) is 2. The van der Waals surface area contributed by atoms with Gasteiger partial charge in [0.1, 0.15) is 11.5 Å². The SMILES string of the molecule is CCOC(=O)C=Cc1ccc(OC)cc1O. The van der Waals surface area contributed by atoms with Gasteiger partial charge in [0.05, 0.1) is 13.7 Å². The van der Waals surface area contributed by atoms with Crippen molar-refractivity contribution in [1.29, 1.82) is 0 Å². The number of benzene rings is 1. The minimum Gasteiger partial charge on any atom is -0.507 e.